The second-order valence-corrected chi connectivity index (χ2v) is 3.16. The van der Waals surface area contributed by atoms with Crippen molar-refractivity contribution in [3.63, 3.8) is 0 Å². The van der Waals surface area contributed by atoms with Gasteiger partial charge in [-0.05, 0) is 12.1 Å². The lowest BCUT2D eigenvalue weighted by atomic mass is 10.2. The van der Waals surface area contributed by atoms with Crippen molar-refractivity contribution in [2.45, 2.75) is 6.54 Å². The molecule has 0 spiro atoms. The third-order valence-corrected chi connectivity index (χ3v) is 2.06. The highest BCUT2D eigenvalue weighted by atomic mass is 19.2. The van der Waals surface area contributed by atoms with Gasteiger partial charge in [0, 0.05) is 6.07 Å². The molecule has 0 atom stereocenters. The first-order valence-corrected chi connectivity index (χ1v) is 4.55. The molecule has 2 aromatic rings. The van der Waals surface area contributed by atoms with Crippen LogP contribution in [0.1, 0.15) is 5.76 Å². The zero-order valence-electron chi connectivity index (χ0n) is 8.21. The van der Waals surface area contributed by atoms with Gasteiger partial charge in [0.2, 0.25) is 0 Å². The Hall–Kier alpha value is -2.11. The molecule has 0 aliphatic rings. The van der Waals surface area contributed by atoms with Crippen LogP contribution in [0, 0.1) is 11.6 Å². The summed E-state index contributed by atoms with van der Waals surface area (Å²) in [6.45, 7) is 0.185. The van der Waals surface area contributed by atoms with Crippen LogP contribution in [0.3, 0.4) is 0 Å². The van der Waals surface area contributed by atoms with Gasteiger partial charge < -0.3 is 15.6 Å². The molecule has 0 radical (unpaired) electrons. The molecule has 1 heterocycles. The maximum atomic E-state index is 13.3. The van der Waals surface area contributed by atoms with Crippen LogP contribution in [0.2, 0.25) is 0 Å². The first-order chi connectivity index (χ1) is 7.68. The van der Waals surface area contributed by atoms with Gasteiger partial charge in [-0.25, -0.2) is 8.78 Å². The van der Waals surface area contributed by atoms with Crippen molar-refractivity contribution in [1.29, 1.82) is 0 Å². The first kappa shape index (κ1) is 10.4. The van der Waals surface area contributed by atoms with E-state index in [1.54, 1.807) is 6.07 Å². The molecule has 0 unspecified atom stereocenters. The summed E-state index contributed by atoms with van der Waals surface area (Å²) in [5, 5.41) is 6.13. The summed E-state index contributed by atoms with van der Waals surface area (Å²) in [6, 6.07) is 3.88. The Morgan fingerprint density at radius 3 is 2.81 bits per heavy atom. The summed E-state index contributed by atoms with van der Waals surface area (Å²) < 4.78 is 31.0. The third kappa shape index (κ3) is 1.95. The molecule has 0 fully saturated rings. The van der Waals surface area contributed by atoms with Gasteiger partial charge in [-0.2, -0.15) is 0 Å². The number of nitrogens with zero attached hydrogens (tertiary/aromatic N) is 1. The molecule has 0 saturated heterocycles. The molecule has 0 saturated carbocycles. The van der Waals surface area contributed by atoms with E-state index < -0.39 is 11.6 Å². The summed E-state index contributed by atoms with van der Waals surface area (Å²) in [6.07, 6.45) is 1.46. The normalized spacial score (nSPS) is 10.4. The number of anilines is 2. The Morgan fingerprint density at radius 2 is 2.12 bits per heavy atom. The largest absolute Gasteiger partial charge is 0.397 e. The van der Waals surface area contributed by atoms with Crippen molar-refractivity contribution in [2.75, 3.05) is 11.1 Å². The molecule has 16 heavy (non-hydrogen) atoms. The lowest BCUT2D eigenvalue weighted by Gasteiger charge is -2.09. The summed E-state index contributed by atoms with van der Waals surface area (Å²) in [4.78, 5) is 0. The van der Waals surface area contributed by atoms with Crippen LogP contribution >= 0.6 is 0 Å². The number of aromatic nitrogens is 1. The summed E-state index contributed by atoms with van der Waals surface area (Å²) in [7, 11) is 0. The molecule has 0 amide bonds. The van der Waals surface area contributed by atoms with E-state index in [0.29, 0.717) is 5.76 Å². The molecular weight excluding hydrogens is 216 g/mol. The smallest absolute Gasteiger partial charge is 0.183 e. The van der Waals surface area contributed by atoms with Crippen LogP contribution in [-0.4, -0.2) is 5.16 Å². The molecule has 0 aliphatic carbocycles. The average Bonchev–Trinajstić information content (AvgIpc) is 2.77. The van der Waals surface area contributed by atoms with Crippen LogP contribution in [0.5, 0.6) is 0 Å². The Bertz CT molecular complexity index is 485. The predicted octanol–water partition coefficient (Wildman–Crippen LogP) is 2.15. The molecule has 4 nitrogen and oxygen atoms in total. The van der Waals surface area contributed by atoms with E-state index >= 15 is 0 Å². The van der Waals surface area contributed by atoms with Crippen molar-refractivity contribution in [1.82, 2.24) is 5.16 Å². The lowest BCUT2D eigenvalue weighted by molar-refractivity contribution is 0.387. The SMILES string of the molecule is Nc1ccc(F)c(F)c1NCc1ccno1. The van der Waals surface area contributed by atoms with Crippen molar-refractivity contribution >= 4 is 11.4 Å². The number of benzene rings is 1. The number of halogens is 2. The molecule has 84 valence electrons. The van der Waals surface area contributed by atoms with Crippen molar-refractivity contribution < 1.29 is 13.3 Å². The number of nitrogens with two attached hydrogens (primary N) is 1. The number of rotatable bonds is 3. The van der Waals surface area contributed by atoms with Gasteiger partial charge >= 0.3 is 0 Å². The molecule has 3 N–H and O–H groups in total. The first-order valence-electron chi connectivity index (χ1n) is 4.55. The fraction of sp³-hybridized carbons (Fsp3) is 0.100. The van der Waals surface area contributed by atoms with E-state index in [2.05, 4.69) is 10.5 Å². The Kier molecular flexibility index (Phi) is 2.72. The fourth-order valence-corrected chi connectivity index (χ4v) is 1.25. The number of hydrogen-bond donors (Lipinski definition) is 2. The topological polar surface area (TPSA) is 64.1 Å². The van der Waals surface area contributed by atoms with Crippen LogP contribution in [0.4, 0.5) is 20.2 Å². The van der Waals surface area contributed by atoms with Crippen molar-refractivity contribution in [2.24, 2.45) is 0 Å². The number of nitrogen functional groups attached to an aromatic ring is 1. The lowest BCUT2D eigenvalue weighted by Crippen LogP contribution is -2.05. The number of nitrogens with one attached hydrogen (secondary N) is 1. The van der Waals surface area contributed by atoms with Gasteiger partial charge in [0.1, 0.15) is 0 Å². The molecule has 1 aromatic carbocycles. The van der Waals surface area contributed by atoms with Crippen LogP contribution < -0.4 is 11.1 Å². The monoisotopic (exact) mass is 225 g/mol. The zero-order valence-corrected chi connectivity index (χ0v) is 8.21. The molecular formula is C10H9F2N3O. The van der Waals surface area contributed by atoms with Gasteiger partial charge in [-0.1, -0.05) is 5.16 Å². The zero-order chi connectivity index (χ0) is 11.5. The minimum atomic E-state index is -1.00. The van der Waals surface area contributed by atoms with E-state index in [1.807, 2.05) is 0 Å². The second kappa shape index (κ2) is 4.18. The Morgan fingerprint density at radius 1 is 1.31 bits per heavy atom. The molecule has 0 bridgehead atoms. The van der Waals surface area contributed by atoms with Crippen molar-refractivity contribution in [3.8, 4) is 0 Å². The standard InChI is InChI=1S/C10H9F2N3O/c11-7-1-2-8(13)10(9(7)12)14-5-6-3-4-15-16-6/h1-4,14H,5,13H2. The average molecular weight is 225 g/mol. The second-order valence-electron chi connectivity index (χ2n) is 3.16. The molecule has 2 rings (SSSR count). The minimum Gasteiger partial charge on any atom is -0.397 e. The molecule has 6 heteroatoms. The highest BCUT2D eigenvalue weighted by molar-refractivity contribution is 5.66. The quantitative estimate of drug-likeness (QED) is 0.785. The van der Waals surface area contributed by atoms with Crippen LogP contribution in [-0.2, 0) is 6.54 Å². The molecule has 0 aliphatic heterocycles. The summed E-state index contributed by atoms with van der Waals surface area (Å²) in [5.41, 5.74) is 5.58. The highest BCUT2D eigenvalue weighted by Crippen LogP contribution is 2.24. The fourth-order valence-electron chi connectivity index (χ4n) is 1.25. The third-order valence-electron chi connectivity index (χ3n) is 2.06. The van der Waals surface area contributed by atoms with Gasteiger partial charge in [0.05, 0.1) is 24.1 Å². The maximum Gasteiger partial charge on any atom is 0.183 e. The van der Waals surface area contributed by atoms with Crippen LogP contribution in [0.25, 0.3) is 0 Å². The van der Waals surface area contributed by atoms with Gasteiger partial charge in [0.15, 0.2) is 17.4 Å². The Balaban J connectivity index is 2.18. The summed E-state index contributed by atoms with van der Waals surface area (Å²) in [5.74, 6) is -1.45. The van der Waals surface area contributed by atoms with Gasteiger partial charge in [-0.15, -0.1) is 0 Å². The highest BCUT2D eigenvalue weighted by Gasteiger charge is 2.11. The predicted molar refractivity (Wildman–Crippen MR) is 54.6 cm³/mol. The maximum absolute atomic E-state index is 13.3. The van der Waals surface area contributed by atoms with E-state index in [1.165, 1.54) is 12.3 Å². The van der Waals surface area contributed by atoms with E-state index in [-0.39, 0.29) is 17.9 Å². The Labute approximate surface area is 90.0 Å². The minimum absolute atomic E-state index is 0.0728. The summed E-state index contributed by atoms with van der Waals surface area (Å²) >= 11 is 0. The number of hydrogen-bond acceptors (Lipinski definition) is 4. The van der Waals surface area contributed by atoms with E-state index in [4.69, 9.17) is 10.3 Å². The van der Waals surface area contributed by atoms with Crippen LogP contribution in [0.15, 0.2) is 28.9 Å². The van der Waals surface area contributed by atoms with Gasteiger partial charge in [0.25, 0.3) is 0 Å². The van der Waals surface area contributed by atoms with E-state index in [9.17, 15) is 8.78 Å². The van der Waals surface area contributed by atoms with E-state index in [0.717, 1.165) is 6.07 Å². The van der Waals surface area contributed by atoms with Crippen molar-refractivity contribution in [3.05, 3.63) is 41.8 Å². The molecule has 1 aromatic heterocycles. The van der Waals surface area contributed by atoms with Gasteiger partial charge in [-0.3, -0.25) is 0 Å².